The van der Waals surface area contributed by atoms with Gasteiger partial charge in [-0.3, -0.25) is 0 Å². The van der Waals surface area contributed by atoms with E-state index in [1.165, 1.54) is 89.0 Å². The zero-order valence-electron chi connectivity index (χ0n) is 98.1. The van der Waals surface area contributed by atoms with Crippen molar-refractivity contribution < 1.29 is 19.2 Å². The summed E-state index contributed by atoms with van der Waals surface area (Å²) in [4.78, 5) is 4.95. The van der Waals surface area contributed by atoms with Crippen molar-refractivity contribution in [1.82, 2.24) is 13.7 Å². The Morgan fingerprint density at radius 2 is 0.628 bits per heavy atom. The van der Waals surface area contributed by atoms with E-state index in [-0.39, 0.29) is 115 Å². The van der Waals surface area contributed by atoms with Gasteiger partial charge in [-0.1, -0.05) is 413 Å². The maximum Gasteiger partial charge on any atom is 0.252 e. The van der Waals surface area contributed by atoms with Crippen LogP contribution in [0.15, 0.2) is 461 Å². The number of nitrogens with zero attached hydrogens (tertiary/aromatic N) is 5. The predicted molar refractivity (Wildman–Crippen MR) is 627 cm³/mol. The Kier molecular flexibility index (Phi) is 18.7. The molecule has 0 radical (unpaired) electrons. The molecular weight excluding hydrogens is 1790 g/mol. The molecule has 0 fully saturated rings. The van der Waals surface area contributed by atoms with E-state index in [0.717, 1.165) is 140 Å². The second-order valence-corrected chi connectivity index (χ2v) is 42.9. The Bertz CT molecular complexity index is 9500. The number of aromatic nitrogens is 3. The smallest absolute Gasteiger partial charge is 0.252 e. The molecule has 0 N–H and O–H groups in total. The number of benzene rings is 20. The first-order valence-electron chi connectivity index (χ1n) is 59.6. The Morgan fingerprint density at radius 1 is 0.250 bits per heavy atom. The molecule has 3 aromatic heterocycles. The predicted octanol–water partition coefficient (Wildman–Crippen LogP) is 34.3. The van der Waals surface area contributed by atoms with E-state index in [2.05, 4.69) is 372 Å². The lowest BCUT2D eigenvalue weighted by atomic mass is 9.33. The summed E-state index contributed by atoms with van der Waals surface area (Å²) in [7, 11) is 0. The third-order valence-corrected chi connectivity index (χ3v) is 32.3. The Morgan fingerprint density at radius 3 is 1.09 bits per heavy atom. The Hall–Kier alpha value is -16.5. The number of hydrogen-bond donors (Lipinski definition) is 0. The molecule has 23 aromatic rings. The van der Waals surface area contributed by atoms with Crippen LogP contribution in [0.25, 0.3) is 138 Å². The van der Waals surface area contributed by atoms with Gasteiger partial charge in [0.05, 0.1) is 63.1 Å². The van der Waals surface area contributed by atoms with Crippen molar-refractivity contribution in [3.05, 3.63) is 527 Å². The molecule has 0 bridgehead atoms. The molecule has 0 saturated heterocycles. The van der Waals surface area contributed by atoms with Crippen molar-refractivity contribution in [3.8, 4) is 72.7 Å². The van der Waals surface area contributed by atoms with E-state index < -0.39 is 52.5 Å². The average molecular weight is 1920 g/mol. The highest BCUT2D eigenvalue weighted by molar-refractivity contribution is 7.00. The molecule has 0 amide bonds. The van der Waals surface area contributed by atoms with Crippen LogP contribution in [-0.4, -0.2) is 33.5 Å². The lowest BCUT2D eigenvalue weighted by Gasteiger charge is -2.45. The highest BCUT2D eigenvalue weighted by Gasteiger charge is 2.50. The minimum absolute atomic E-state index is 0.0806. The number of hydrogen-bond acceptors (Lipinski definition) is 2. The van der Waals surface area contributed by atoms with Crippen molar-refractivity contribution in [2.24, 2.45) is 0 Å². The molecule has 0 atom stereocenters. The van der Waals surface area contributed by atoms with Gasteiger partial charge in [-0.2, -0.15) is 0 Å². The number of para-hydroxylation sites is 4. The van der Waals surface area contributed by atoms with E-state index >= 15 is 0 Å². The van der Waals surface area contributed by atoms with Crippen molar-refractivity contribution in [2.45, 2.75) is 127 Å². The summed E-state index contributed by atoms with van der Waals surface area (Å²) in [5, 5.41) is 2.63. The first kappa shape index (κ1) is 76.1. The summed E-state index contributed by atoms with van der Waals surface area (Å²) in [6, 6.07) is 132. The molecule has 148 heavy (non-hydrogen) atoms. The fraction of sp³-hybridized carbons (Fsp3) is 0.155. The highest BCUT2D eigenvalue weighted by atomic mass is 15.2. The monoisotopic (exact) mass is 1920 g/mol. The van der Waals surface area contributed by atoms with Gasteiger partial charge in [-0.15, -0.1) is 0 Å². The normalized spacial score (nSPS) is 14.9. The van der Waals surface area contributed by atoms with E-state index in [0.29, 0.717) is 37.3 Å². The van der Waals surface area contributed by atoms with E-state index in [4.69, 9.17) is 0 Å². The van der Waals surface area contributed by atoms with Crippen LogP contribution in [0.4, 0.5) is 22.7 Å². The van der Waals surface area contributed by atoms with Crippen LogP contribution in [0.1, 0.15) is 179 Å². The van der Waals surface area contributed by atoms with Crippen LogP contribution < -0.4 is 26.2 Å². The average Bonchev–Trinajstić information content (AvgIpc) is 0.952. The topological polar surface area (TPSA) is 21.3 Å². The lowest BCUT2D eigenvalue weighted by molar-refractivity contribution is 0.591. The first-order valence-corrected chi connectivity index (χ1v) is 52.6. The van der Waals surface area contributed by atoms with Crippen LogP contribution in [-0.2, 0) is 34.5 Å². The molecule has 5 heterocycles. The maximum absolute atomic E-state index is 10.3. The van der Waals surface area contributed by atoms with E-state index in [9.17, 15) is 19.2 Å². The molecule has 0 unspecified atom stereocenters. The summed E-state index contributed by atoms with van der Waals surface area (Å²) in [5.74, 6) is 0. The van der Waals surface area contributed by atoms with Crippen LogP contribution in [0.3, 0.4) is 0 Å². The molecule has 714 valence electrons. The zero-order chi connectivity index (χ0) is 111. The zero-order valence-corrected chi connectivity index (χ0v) is 84.1. The fourth-order valence-corrected chi connectivity index (χ4v) is 25.5. The van der Waals surface area contributed by atoms with Crippen LogP contribution >= 0.6 is 0 Å². The van der Waals surface area contributed by atoms with Gasteiger partial charge in [0.1, 0.15) is 0 Å². The summed E-state index contributed by atoms with van der Waals surface area (Å²) in [5.41, 5.74) is 32.3. The number of unbranched alkanes of at least 4 members (excludes halogenated alkanes) is 6. The summed E-state index contributed by atoms with van der Waals surface area (Å²) < 4.78 is 145. The second-order valence-electron chi connectivity index (χ2n) is 42.9. The van der Waals surface area contributed by atoms with Gasteiger partial charge >= 0.3 is 0 Å². The summed E-state index contributed by atoms with van der Waals surface area (Å²) in [6.45, 7) is 11.8. The SMILES string of the molecule is [2H]c1c([2H])c([2H])c2c(c1[2H])c1c([2H])c(C(C)(C)C)c([2H])c([2H])c1n2-c1ccc2c(c1)N(CCCCCCc1ccccc1-c1ccc3c(c1)C(c1ccccc1)(c1ccccc1)c1ccccc1-3)c1cc(-c3ccc4c(c3)c3ccccc3n4-c3ccccc3)cc3c1B2c1ccc(-n2c4c([2H])c([2H])c([2H])c([2H])c4c4c([2H])c(C(C)(C)C)c([2H])c([2H])c42)cc1N3CCCCCCc1ccccc1-c1ccc2c(c1)C(c1ccccc1)(c1ccccc1)c1ccccc1-2. The molecule has 6 heteroatoms. The number of anilines is 4. The van der Waals surface area contributed by atoms with Crippen molar-refractivity contribution in [2.75, 3.05) is 22.9 Å². The molecule has 5 nitrogen and oxygen atoms in total. The molecular formula is C142H118BN5. The van der Waals surface area contributed by atoms with E-state index in [1.54, 1.807) is 9.13 Å². The third-order valence-electron chi connectivity index (χ3n) is 32.3. The van der Waals surface area contributed by atoms with Gasteiger partial charge in [0.2, 0.25) is 0 Å². The molecule has 20 aromatic carbocycles. The molecule has 27 rings (SSSR count). The Labute approximate surface area is 889 Å². The second kappa shape index (κ2) is 36.3. The molecule has 4 aliphatic rings. The van der Waals surface area contributed by atoms with Gasteiger partial charge in [-0.25, -0.2) is 0 Å². The minimum atomic E-state index is -0.832. The summed E-state index contributed by atoms with van der Waals surface area (Å²) in [6.07, 6.45) is 8.21. The standard InChI is InChI=1S/C142H118BN5/c1-139(2,3)105-73-82-132-120(91-105)117-63-35-40-68-129(117)147(132)108-75-79-126-134(93-108)144(84-42-9-7-16-44-95-46-28-30-58-110(95)98-70-77-114-112-60-32-37-65-122(112)141(124(114)87-98,101-48-18-11-19-49-101)102-50-20-12-21-51-102)136-89-100(97-72-81-131-119(86-97)116-62-34-39-67-128(116)146(131)107-56-26-15-27-57-107)90-137-138(136)143(126)127-80-76-109(148-130-69-41-36-64-118(130)121-92-106(140(4,5)6)74-83-133(121)148)94-135(127)145(137)85-43-10-8-17-45-96-47-29-31-59-111(96)99-71-78-115-113-61-33-38-66-123(113)142(125(115)88-99,103-52-22-13-23-53-103)104-54-24-14-25-55-104/h11-15,18-41,46-83,86-94H,7-10,16-17,42-45,84-85H2,1-6H3/i35D,36D,40D,41D,63D,64D,68D,69D,73D,74D,82D,83D,91D,92D. The van der Waals surface area contributed by atoms with Gasteiger partial charge in [0.25, 0.3) is 6.71 Å². The van der Waals surface area contributed by atoms with Crippen LogP contribution in [0, 0.1) is 0 Å². The fourth-order valence-electron chi connectivity index (χ4n) is 25.5. The highest BCUT2D eigenvalue weighted by Crippen LogP contribution is 2.60. The minimum Gasteiger partial charge on any atom is -0.342 e. The van der Waals surface area contributed by atoms with Crippen molar-refractivity contribution in [3.63, 3.8) is 0 Å². The quantitative estimate of drug-likeness (QED) is 0.0444. The molecule has 2 aliphatic heterocycles. The van der Waals surface area contributed by atoms with Crippen LogP contribution in [0.5, 0.6) is 0 Å². The van der Waals surface area contributed by atoms with Gasteiger partial charge in [-0.05, 0) is 303 Å². The van der Waals surface area contributed by atoms with Crippen molar-refractivity contribution in [1.29, 1.82) is 0 Å². The van der Waals surface area contributed by atoms with E-state index in [1.807, 2.05) is 59.7 Å². The Balaban J connectivity index is 0.627. The summed E-state index contributed by atoms with van der Waals surface area (Å²) >= 11 is 0. The van der Waals surface area contributed by atoms with Crippen LogP contribution in [0.2, 0.25) is 0 Å². The third kappa shape index (κ3) is 14.7. The van der Waals surface area contributed by atoms with Gasteiger partial charge in [0, 0.05) is 85.2 Å². The van der Waals surface area contributed by atoms with Gasteiger partial charge < -0.3 is 23.5 Å². The maximum atomic E-state index is 10.3. The van der Waals surface area contributed by atoms with Crippen molar-refractivity contribution >= 4 is 111 Å². The molecule has 0 saturated carbocycles. The molecule has 0 spiro atoms. The molecule has 2 aliphatic carbocycles. The largest absolute Gasteiger partial charge is 0.342 e. The van der Waals surface area contributed by atoms with Gasteiger partial charge in [0.15, 0.2) is 0 Å². The first-order chi connectivity index (χ1) is 78.6. The number of rotatable bonds is 24. The number of aryl methyl sites for hydroxylation is 2. The lowest BCUT2D eigenvalue weighted by Crippen LogP contribution is -2.62. The number of fused-ring (bicyclic) bond motifs is 19.